The van der Waals surface area contributed by atoms with Gasteiger partial charge in [-0.15, -0.1) is 11.3 Å². The molecule has 0 unspecified atom stereocenters. The number of nitrogens with zero attached hydrogens (tertiary/aromatic N) is 3. The number of aromatic nitrogens is 1. The van der Waals surface area contributed by atoms with Crippen molar-refractivity contribution in [2.24, 2.45) is 10.1 Å². The van der Waals surface area contributed by atoms with E-state index in [0.717, 1.165) is 34.5 Å². The van der Waals surface area contributed by atoms with E-state index in [0.29, 0.717) is 21.7 Å². The van der Waals surface area contributed by atoms with Crippen LogP contribution in [0.5, 0.6) is 17.2 Å². The highest BCUT2D eigenvalue weighted by molar-refractivity contribution is 9.10. The van der Waals surface area contributed by atoms with Gasteiger partial charge < -0.3 is 19.9 Å². The lowest BCUT2D eigenvalue weighted by atomic mass is 9.96. The highest BCUT2D eigenvalue weighted by atomic mass is 79.9. The number of ether oxygens (including phenoxy) is 2. The molecule has 5 rings (SSSR count). The molecule has 1 aromatic heterocycles. The average molecular weight is 557 g/mol. The van der Waals surface area contributed by atoms with Crippen molar-refractivity contribution in [3.8, 4) is 28.5 Å². The molecule has 1 amide bonds. The monoisotopic (exact) mass is 556 g/mol. The number of phenolic OH excluding ortho intramolecular Hbond substituents is 1. The van der Waals surface area contributed by atoms with Crippen molar-refractivity contribution in [2.45, 2.75) is 38.1 Å². The number of methoxy groups -OCH3 is 1. The van der Waals surface area contributed by atoms with Gasteiger partial charge in [-0.05, 0) is 64.7 Å². The van der Waals surface area contributed by atoms with Crippen molar-refractivity contribution in [1.82, 2.24) is 4.68 Å². The zero-order valence-electron chi connectivity index (χ0n) is 19.2. The van der Waals surface area contributed by atoms with E-state index in [9.17, 15) is 9.90 Å². The molecule has 0 spiro atoms. The van der Waals surface area contributed by atoms with Gasteiger partial charge in [0.15, 0.2) is 18.1 Å². The number of carbonyl (C=O) groups excluding carboxylic acids is 1. The largest absolute Gasteiger partial charge is 0.503 e. The summed E-state index contributed by atoms with van der Waals surface area (Å²) in [4.78, 5) is 17.7. The zero-order chi connectivity index (χ0) is 24.4. The Bertz CT molecular complexity index is 1360. The summed E-state index contributed by atoms with van der Waals surface area (Å²) in [5, 5.41) is 19.8. The molecule has 0 saturated heterocycles. The first kappa shape index (κ1) is 23.6. The minimum absolute atomic E-state index is 0.0190. The van der Waals surface area contributed by atoms with Crippen LogP contribution >= 0.6 is 27.3 Å². The van der Waals surface area contributed by atoms with Gasteiger partial charge in [-0.2, -0.15) is 5.10 Å². The number of hydrogen-bond acceptors (Lipinski definition) is 7. The van der Waals surface area contributed by atoms with Gasteiger partial charge >= 0.3 is 0 Å². The number of fused-ring (bicyclic) bond motifs is 1. The van der Waals surface area contributed by atoms with E-state index < -0.39 is 0 Å². The SMILES string of the molecule is COc1cc(C=Nn2c(-c3ccc4c(c3)NC(=O)CO4)csc2=NC2CCCCC2)cc(Br)c1O. The second-order valence-corrected chi connectivity index (χ2v) is 10.2. The Hall–Kier alpha value is -3.11. The van der Waals surface area contributed by atoms with Gasteiger partial charge in [0.25, 0.3) is 5.91 Å². The second-order valence-electron chi connectivity index (χ2n) is 8.48. The standard InChI is InChI=1S/C25H25BrN4O4S/c1-33-22-10-15(9-18(26)24(22)32)12-27-30-20(14-35-25(30)28-17-5-3-2-4-6-17)16-7-8-21-19(11-16)29-23(31)13-34-21/h7-12,14,17,32H,2-6,13H2,1H3,(H,29,31). The van der Waals surface area contributed by atoms with Crippen molar-refractivity contribution in [1.29, 1.82) is 0 Å². The number of hydrogen-bond donors (Lipinski definition) is 2. The van der Waals surface area contributed by atoms with Crippen LogP contribution in [0.1, 0.15) is 37.7 Å². The third-order valence-electron chi connectivity index (χ3n) is 6.05. The number of halogens is 1. The zero-order valence-corrected chi connectivity index (χ0v) is 21.6. The summed E-state index contributed by atoms with van der Waals surface area (Å²) in [5.74, 6) is 0.867. The van der Waals surface area contributed by atoms with Gasteiger partial charge in [-0.1, -0.05) is 19.3 Å². The molecule has 2 heterocycles. The Labute approximate surface area is 215 Å². The number of aromatic hydroxyl groups is 1. The van der Waals surface area contributed by atoms with Gasteiger partial charge in [0.1, 0.15) is 5.75 Å². The molecule has 1 aliphatic carbocycles. The van der Waals surface area contributed by atoms with Crippen LogP contribution in [0.4, 0.5) is 5.69 Å². The number of phenols is 1. The third-order valence-corrected chi connectivity index (χ3v) is 7.49. The molecule has 0 atom stereocenters. The lowest BCUT2D eigenvalue weighted by molar-refractivity contribution is -0.118. The Kier molecular flexibility index (Phi) is 6.92. The van der Waals surface area contributed by atoms with Gasteiger partial charge in [0, 0.05) is 10.9 Å². The minimum Gasteiger partial charge on any atom is -0.503 e. The summed E-state index contributed by atoms with van der Waals surface area (Å²) in [6, 6.07) is 9.49. The highest BCUT2D eigenvalue weighted by Gasteiger charge is 2.19. The number of rotatable bonds is 5. The van der Waals surface area contributed by atoms with Crippen LogP contribution in [0.2, 0.25) is 0 Å². The molecular formula is C25H25BrN4O4S. The topological polar surface area (TPSA) is 97.4 Å². The number of anilines is 1. The fourth-order valence-electron chi connectivity index (χ4n) is 4.26. The summed E-state index contributed by atoms with van der Waals surface area (Å²) >= 11 is 4.91. The van der Waals surface area contributed by atoms with Crippen molar-refractivity contribution < 1.29 is 19.4 Å². The number of amides is 1. The molecule has 1 saturated carbocycles. The summed E-state index contributed by atoms with van der Waals surface area (Å²) < 4.78 is 13.1. The number of carbonyl (C=O) groups is 1. The maximum Gasteiger partial charge on any atom is 0.262 e. The summed E-state index contributed by atoms with van der Waals surface area (Å²) in [6.07, 6.45) is 7.54. The average Bonchev–Trinajstić information content (AvgIpc) is 3.26. The molecule has 1 aliphatic heterocycles. The van der Waals surface area contributed by atoms with Crippen molar-refractivity contribution >= 4 is 45.1 Å². The Morgan fingerprint density at radius 3 is 2.89 bits per heavy atom. The summed E-state index contributed by atoms with van der Waals surface area (Å²) in [6.45, 7) is 0.0190. The van der Waals surface area contributed by atoms with E-state index in [4.69, 9.17) is 19.6 Å². The predicted octanol–water partition coefficient (Wildman–Crippen LogP) is 5.14. The highest BCUT2D eigenvalue weighted by Crippen LogP contribution is 2.35. The van der Waals surface area contributed by atoms with Crippen molar-refractivity contribution in [3.63, 3.8) is 0 Å². The van der Waals surface area contributed by atoms with Crippen molar-refractivity contribution in [2.75, 3.05) is 19.0 Å². The molecule has 0 bridgehead atoms. The summed E-state index contributed by atoms with van der Waals surface area (Å²) in [7, 11) is 1.51. The van der Waals surface area contributed by atoms with E-state index in [2.05, 4.69) is 21.2 Å². The smallest absolute Gasteiger partial charge is 0.262 e. The molecular weight excluding hydrogens is 532 g/mol. The van der Waals surface area contributed by atoms with Crippen molar-refractivity contribution in [3.05, 3.63) is 50.5 Å². The Morgan fingerprint density at radius 1 is 1.26 bits per heavy atom. The summed E-state index contributed by atoms with van der Waals surface area (Å²) in [5.41, 5.74) is 3.13. The molecule has 2 N–H and O–H groups in total. The fourth-order valence-corrected chi connectivity index (χ4v) is 5.62. The Morgan fingerprint density at radius 2 is 2.09 bits per heavy atom. The maximum atomic E-state index is 11.8. The molecule has 1 fully saturated rings. The lowest BCUT2D eigenvalue weighted by Gasteiger charge is -2.18. The van der Waals surface area contributed by atoms with Crippen LogP contribution < -0.4 is 19.6 Å². The third kappa shape index (κ3) is 5.13. The van der Waals surface area contributed by atoms with Gasteiger partial charge in [0.05, 0.1) is 35.2 Å². The fraction of sp³-hybridized carbons (Fsp3) is 0.320. The van der Waals surface area contributed by atoms with Crippen LogP contribution in [0.25, 0.3) is 11.3 Å². The first-order valence-corrected chi connectivity index (χ1v) is 13.1. The molecule has 2 aliphatic rings. The minimum atomic E-state index is -0.175. The number of nitrogens with one attached hydrogen (secondary N) is 1. The van der Waals surface area contributed by atoms with E-state index in [-0.39, 0.29) is 24.3 Å². The first-order chi connectivity index (χ1) is 17.0. The quantitative estimate of drug-likeness (QED) is 0.425. The van der Waals surface area contributed by atoms with E-state index >= 15 is 0 Å². The van der Waals surface area contributed by atoms with Crippen LogP contribution in [-0.2, 0) is 4.79 Å². The van der Waals surface area contributed by atoms with Gasteiger partial charge in [-0.3, -0.25) is 9.79 Å². The molecule has 182 valence electrons. The first-order valence-electron chi connectivity index (χ1n) is 11.4. The maximum absolute atomic E-state index is 11.8. The number of thiazole rings is 1. The van der Waals surface area contributed by atoms with E-state index in [1.54, 1.807) is 29.7 Å². The predicted molar refractivity (Wildman–Crippen MR) is 140 cm³/mol. The lowest BCUT2D eigenvalue weighted by Crippen LogP contribution is -2.25. The number of benzene rings is 2. The Balaban J connectivity index is 1.58. The molecule has 35 heavy (non-hydrogen) atoms. The van der Waals surface area contributed by atoms with E-state index in [1.165, 1.54) is 26.4 Å². The molecule has 10 heteroatoms. The van der Waals surface area contributed by atoms with Gasteiger partial charge in [0.2, 0.25) is 4.80 Å². The normalized spacial score (nSPS) is 16.7. The molecule has 3 aromatic rings. The van der Waals surface area contributed by atoms with Crippen LogP contribution in [0, 0.1) is 0 Å². The van der Waals surface area contributed by atoms with Crippen LogP contribution in [0.3, 0.4) is 0 Å². The molecule has 8 nitrogen and oxygen atoms in total. The molecule has 2 aromatic carbocycles. The van der Waals surface area contributed by atoms with Gasteiger partial charge in [-0.25, -0.2) is 4.68 Å². The molecule has 0 radical (unpaired) electrons. The van der Waals surface area contributed by atoms with Crippen LogP contribution in [0.15, 0.2) is 50.3 Å². The second kappa shape index (κ2) is 10.2. The van der Waals surface area contributed by atoms with Crippen LogP contribution in [-0.4, -0.2) is 41.7 Å². The van der Waals surface area contributed by atoms with E-state index in [1.807, 2.05) is 28.3 Å².